The van der Waals surface area contributed by atoms with Gasteiger partial charge in [0.1, 0.15) is 5.60 Å². The van der Waals surface area contributed by atoms with E-state index in [4.69, 9.17) is 0 Å². The molecular formula is C15H22ClNO. The van der Waals surface area contributed by atoms with Crippen molar-refractivity contribution in [3.05, 3.63) is 35.9 Å². The van der Waals surface area contributed by atoms with E-state index in [9.17, 15) is 5.11 Å². The van der Waals surface area contributed by atoms with Crippen molar-refractivity contribution in [2.75, 3.05) is 7.05 Å². The average molecular weight is 268 g/mol. The summed E-state index contributed by atoms with van der Waals surface area (Å²) in [6, 6.07) is 10.4. The highest BCUT2D eigenvalue weighted by molar-refractivity contribution is 5.85. The molecule has 0 spiro atoms. The summed E-state index contributed by atoms with van der Waals surface area (Å²) in [5, 5.41) is 14.6. The molecule has 2 saturated carbocycles. The van der Waals surface area contributed by atoms with Crippen LogP contribution in [0.2, 0.25) is 0 Å². The number of likely N-dealkylation sites (N-methyl/N-ethyl adjacent to an activating group) is 1. The van der Waals surface area contributed by atoms with Gasteiger partial charge in [0.15, 0.2) is 0 Å². The van der Waals surface area contributed by atoms with Crippen molar-refractivity contribution in [3.63, 3.8) is 0 Å². The zero-order valence-corrected chi connectivity index (χ0v) is 11.6. The fourth-order valence-corrected chi connectivity index (χ4v) is 3.97. The molecule has 0 saturated heterocycles. The molecule has 0 aliphatic heterocycles. The number of hydrogen-bond acceptors (Lipinski definition) is 2. The molecule has 1 aromatic carbocycles. The third-order valence-electron chi connectivity index (χ3n) is 4.85. The van der Waals surface area contributed by atoms with E-state index < -0.39 is 5.60 Å². The molecule has 2 aliphatic rings. The van der Waals surface area contributed by atoms with Crippen molar-refractivity contribution < 1.29 is 5.11 Å². The Balaban J connectivity index is 0.00000120. The Hall–Kier alpha value is -0.570. The molecule has 100 valence electrons. The topological polar surface area (TPSA) is 32.3 Å². The normalized spacial score (nSPS) is 38.2. The van der Waals surface area contributed by atoms with Crippen LogP contribution in [0.1, 0.15) is 31.2 Å². The fraction of sp³-hybridized carbons (Fsp3) is 0.600. The first-order chi connectivity index (χ1) is 8.25. The Morgan fingerprint density at radius 3 is 2.56 bits per heavy atom. The van der Waals surface area contributed by atoms with Gasteiger partial charge in [-0.15, -0.1) is 12.4 Å². The Morgan fingerprint density at radius 1 is 1.17 bits per heavy atom. The molecule has 2 aliphatic carbocycles. The molecule has 3 heteroatoms. The van der Waals surface area contributed by atoms with Crippen LogP contribution in [0.5, 0.6) is 0 Å². The number of nitrogens with one attached hydrogen (secondary N) is 1. The molecule has 1 aromatic rings. The fourth-order valence-electron chi connectivity index (χ4n) is 3.97. The standard InChI is InChI=1S/C15H21NO.ClH/c1-16-14-10-11-7-8-13(9-11)15(14,17)12-5-3-2-4-6-12;/h2-6,11,13-14,16-17H,7-10H2,1H3;1H. The SMILES string of the molecule is CNC1CC2CCC(C2)C1(O)c1ccccc1.Cl. The van der Waals surface area contributed by atoms with Crippen LogP contribution in [0.4, 0.5) is 0 Å². The predicted octanol–water partition coefficient (Wildman–Crippen LogP) is 2.70. The zero-order chi connectivity index (χ0) is 11.9. The molecule has 2 bridgehead atoms. The number of halogens is 1. The van der Waals surface area contributed by atoms with Gasteiger partial charge in [-0.05, 0) is 50.1 Å². The van der Waals surface area contributed by atoms with Crippen LogP contribution >= 0.6 is 12.4 Å². The summed E-state index contributed by atoms with van der Waals surface area (Å²) < 4.78 is 0. The molecule has 3 rings (SSSR count). The van der Waals surface area contributed by atoms with E-state index in [0.29, 0.717) is 5.92 Å². The number of fused-ring (bicyclic) bond motifs is 2. The van der Waals surface area contributed by atoms with Crippen molar-refractivity contribution in [2.24, 2.45) is 11.8 Å². The number of benzene rings is 1. The van der Waals surface area contributed by atoms with Crippen LogP contribution in [0.15, 0.2) is 30.3 Å². The molecule has 0 radical (unpaired) electrons. The van der Waals surface area contributed by atoms with Gasteiger partial charge in [-0.1, -0.05) is 30.3 Å². The van der Waals surface area contributed by atoms with Gasteiger partial charge in [-0.2, -0.15) is 0 Å². The summed E-state index contributed by atoms with van der Waals surface area (Å²) in [5.74, 6) is 1.25. The van der Waals surface area contributed by atoms with E-state index >= 15 is 0 Å². The molecule has 4 atom stereocenters. The highest BCUT2D eigenvalue weighted by Crippen LogP contribution is 2.51. The minimum atomic E-state index is -0.664. The van der Waals surface area contributed by atoms with Crippen molar-refractivity contribution in [1.82, 2.24) is 5.32 Å². The van der Waals surface area contributed by atoms with Crippen LogP contribution in [0.3, 0.4) is 0 Å². The van der Waals surface area contributed by atoms with Crippen LogP contribution in [-0.4, -0.2) is 18.2 Å². The third-order valence-corrected chi connectivity index (χ3v) is 4.85. The largest absolute Gasteiger partial charge is 0.383 e. The van der Waals surface area contributed by atoms with Gasteiger partial charge < -0.3 is 10.4 Å². The second kappa shape index (κ2) is 5.20. The second-order valence-corrected chi connectivity index (χ2v) is 5.64. The maximum absolute atomic E-state index is 11.2. The number of rotatable bonds is 2. The Morgan fingerprint density at radius 2 is 1.89 bits per heavy atom. The number of aliphatic hydroxyl groups is 1. The van der Waals surface area contributed by atoms with Gasteiger partial charge in [0.2, 0.25) is 0 Å². The molecule has 0 amide bonds. The highest BCUT2D eigenvalue weighted by atomic mass is 35.5. The lowest BCUT2D eigenvalue weighted by Gasteiger charge is -2.45. The Labute approximate surface area is 115 Å². The van der Waals surface area contributed by atoms with Crippen LogP contribution in [0.25, 0.3) is 0 Å². The maximum atomic E-state index is 11.2. The first-order valence-electron chi connectivity index (χ1n) is 6.70. The molecule has 2 fully saturated rings. The lowest BCUT2D eigenvalue weighted by atomic mass is 9.69. The summed E-state index contributed by atoms with van der Waals surface area (Å²) in [6.07, 6.45) is 4.77. The molecule has 2 nitrogen and oxygen atoms in total. The summed E-state index contributed by atoms with van der Waals surface area (Å²) in [6.45, 7) is 0. The average Bonchev–Trinajstić information content (AvgIpc) is 2.80. The highest BCUT2D eigenvalue weighted by Gasteiger charge is 2.52. The van der Waals surface area contributed by atoms with Crippen molar-refractivity contribution in [3.8, 4) is 0 Å². The van der Waals surface area contributed by atoms with Gasteiger partial charge >= 0.3 is 0 Å². The minimum Gasteiger partial charge on any atom is -0.383 e. The van der Waals surface area contributed by atoms with Crippen molar-refractivity contribution in [1.29, 1.82) is 0 Å². The Kier molecular flexibility index (Phi) is 4.00. The van der Waals surface area contributed by atoms with Gasteiger partial charge in [-0.3, -0.25) is 0 Å². The van der Waals surface area contributed by atoms with Gasteiger partial charge in [0, 0.05) is 6.04 Å². The predicted molar refractivity (Wildman–Crippen MR) is 75.9 cm³/mol. The smallest absolute Gasteiger partial charge is 0.108 e. The summed E-state index contributed by atoms with van der Waals surface area (Å²) in [5.41, 5.74) is 0.424. The molecule has 18 heavy (non-hydrogen) atoms. The molecule has 0 aromatic heterocycles. The summed E-state index contributed by atoms with van der Waals surface area (Å²) >= 11 is 0. The van der Waals surface area contributed by atoms with E-state index in [2.05, 4.69) is 17.4 Å². The first kappa shape index (κ1) is 13.9. The monoisotopic (exact) mass is 267 g/mol. The van der Waals surface area contributed by atoms with E-state index in [0.717, 1.165) is 17.9 Å². The summed E-state index contributed by atoms with van der Waals surface area (Å²) in [7, 11) is 1.98. The van der Waals surface area contributed by atoms with Crippen molar-refractivity contribution in [2.45, 2.75) is 37.3 Å². The van der Waals surface area contributed by atoms with Gasteiger partial charge in [0.05, 0.1) is 0 Å². The van der Waals surface area contributed by atoms with Gasteiger partial charge in [-0.25, -0.2) is 0 Å². The van der Waals surface area contributed by atoms with Crippen LogP contribution in [-0.2, 0) is 5.60 Å². The summed E-state index contributed by atoms with van der Waals surface area (Å²) in [4.78, 5) is 0. The maximum Gasteiger partial charge on any atom is 0.108 e. The molecular weight excluding hydrogens is 246 g/mol. The third kappa shape index (κ3) is 1.97. The van der Waals surface area contributed by atoms with Crippen LogP contribution in [0, 0.1) is 11.8 Å². The lowest BCUT2D eigenvalue weighted by Crippen LogP contribution is -2.54. The van der Waals surface area contributed by atoms with Crippen LogP contribution < -0.4 is 5.32 Å². The Bertz CT molecular complexity index is 397. The zero-order valence-electron chi connectivity index (χ0n) is 10.8. The van der Waals surface area contributed by atoms with E-state index in [1.165, 1.54) is 19.3 Å². The second-order valence-electron chi connectivity index (χ2n) is 5.64. The van der Waals surface area contributed by atoms with E-state index in [1.54, 1.807) is 0 Å². The molecule has 2 N–H and O–H groups in total. The lowest BCUT2D eigenvalue weighted by molar-refractivity contribution is -0.0743. The van der Waals surface area contributed by atoms with E-state index in [1.807, 2.05) is 25.2 Å². The molecule has 4 unspecified atom stereocenters. The van der Waals surface area contributed by atoms with Crippen molar-refractivity contribution >= 4 is 12.4 Å². The quantitative estimate of drug-likeness (QED) is 0.864. The first-order valence-corrected chi connectivity index (χ1v) is 6.70. The molecule has 0 heterocycles. The van der Waals surface area contributed by atoms with E-state index in [-0.39, 0.29) is 18.4 Å². The minimum absolute atomic E-state index is 0. The number of hydrogen-bond donors (Lipinski definition) is 2. The van der Waals surface area contributed by atoms with Gasteiger partial charge in [0.25, 0.3) is 0 Å².